The molecule has 6 nitrogen and oxygen atoms in total. The van der Waals surface area contributed by atoms with Gasteiger partial charge in [-0.15, -0.1) is 10.2 Å². The Balaban J connectivity index is 1.38. The van der Waals surface area contributed by atoms with E-state index < -0.39 is 0 Å². The highest BCUT2D eigenvalue weighted by atomic mass is 35.5. The highest BCUT2D eigenvalue weighted by Crippen LogP contribution is 2.35. The summed E-state index contributed by atoms with van der Waals surface area (Å²) in [7, 11) is 0. The predicted molar refractivity (Wildman–Crippen MR) is 122 cm³/mol. The number of halogens is 1. The molecule has 0 N–H and O–H groups in total. The molecule has 4 heterocycles. The van der Waals surface area contributed by atoms with Crippen molar-refractivity contribution in [3.8, 4) is 11.4 Å². The molecule has 2 aromatic heterocycles. The molecule has 0 saturated carbocycles. The van der Waals surface area contributed by atoms with E-state index in [2.05, 4.69) is 25.7 Å². The Labute approximate surface area is 187 Å². The first-order valence-corrected chi connectivity index (χ1v) is 12.0. The molecule has 160 valence electrons. The van der Waals surface area contributed by atoms with E-state index >= 15 is 0 Å². The van der Waals surface area contributed by atoms with Crippen LogP contribution in [-0.4, -0.2) is 37.8 Å². The van der Waals surface area contributed by atoms with Crippen molar-refractivity contribution in [1.29, 1.82) is 0 Å². The first kappa shape index (κ1) is 19.2. The Morgan fingerprint density at radius 3 is 2.81 bits per heavy atom. The second kappa shape index (κ2) is 7.90. The normalized spacial score (nSPS) is 20.5. The molecular weight excluding hydrogens is 408 g/mol. The van der Waals surface area contributed by atoms with Crippen LogP contribution in [0.25, 0.3) is 11.4 Å². The summed E-state index contributed by atoms with van der Waals surface area (Å²) in [5, 5.41) is 9.77. The molecule has 2 aliphatic heterocycles. The van der Waals surface area contributed by atoms with Gasteiger partial charge < -0.3 is 9.47 Å². The van der Waals surface area contributed by atoms with E-state index in [1.807, 2.05) is 18.2 Å². The average molecular weight is 435 g/mol. The van der Waals surface area contributed by atoms with Crippen LogP contribution >= 0.6 is 11.6 Å². The van der Waals surface area contributed by atoms with E-state index in [0.717, 1.165) is 73.4 Å². The fourth-order valence-electron chi connectivity index (χ4n) is 5.45. The summed E-state index contributed by atoms with van der Waals surface area (Å²) in [6, 6.07) is 7.90. The van der Waals surface area contributed by atoms with Crippen molar-refractivity contribution in [1.82, 2.24) is 24.7 Å². The third-order valence-electron chi connectivity index (χ3n) is 6.97. The van der Waals surface area contributed by atoms with Gasteiger partial charge in [0.25, 0.3) is 0 Å². The van der Waals surface area contributed by atoms with Crippen molar-refractivity contribution in [3.63, 3.8) is 0 Å². The van der Waals surface area contributed by atoms with E-state index in [-0.39, 0.29) is 0 Å². The van der Waals surface area contributed by atoms with Crippen LogP contribution in [0.2, 0.25) is 5.02 Å². The maximum absolute atomic E-state index is 6.27. The lowest BCUT2D eigenvalue weighted by Gasteiger charge is -2.35. The van der Waals surface area contributed by atoms with Gasteiger partial charge in [0.2, 0.25) is 0 Å². The first-order valence-electron chi connectivity index (χ1n) is 11.6. The molecule has 1 unspecified atom stereocenters. The zero-order valence-corrected chi connectivity index (χ0v) is 18.5. The van der Waals surface area contributed by atoms with Crippen LogP contribution in [-0.2, 0) is 25.8 Å². The van der Waals surface area contributed by atoms with Gasteiger partial charge in [-0.3, -0.25) is 0 Å². The lowest BCUT2D eigenvalue weighted by Crippen LogP contribution is -2.37. The van der Waals surface area contributed by atoms with Crippen LogP contribution < -0.4 is 4.90 Å². The van der Waals surface area contributed by atoms with Crippen LogP contribution in [0.4, 0.5) is 5.82 Å². The van der Waals surface area contributed by atoms with Crippen LogP contribution in [0.15, 0.2) is 24.3 Å². The Bertz CT molecular complexity index is 1120. The van der Waals surface area contributed by atoms with Crippen molar-refractivity contribution in [2.24, 2.45) is 0 Å². The van der Waals surface area contributed by atoms with Crippen LogP contribution in [0.5, 0.6) is 0 Å². The van der Waals surface area contributed by atoms with E-state index in [4.69, 9.17) is 21.6 Å². The van der Waals surface area contributed by atoms with Crippen LogP contribution in [0.3, 0.4) is 0 Å². The van der Waals surface area contributed by atoms with E-state index in [0.29, 0.717) is 5.92 Å². The number of benzene rings is 1. The summed E-state index contributed by atoms with van der Waals surface area (Å²) in [5.41, 5.74) is 3.56. The van der Waals surface area contributed by atoms with E-state index in [1.54, 1.807) is 0 Å². The van der Waals surface area contributed by atoms with Gasteiger partial charge in [-0.2, -0.15) is 0 Å². The molecule has 3 aromatic rings. The molecule has 7 heteroatoms. The first-order chi connectivity index (χ1) is 15.3. The molecule has 6 rings (SSSR count). The van der Waals surface area contributed by atoms with Gasteiger partial charge in [-0.05, 0) is 57.1 Å². The quantitative estimate of drug-likeness (QED) is 0.603. The number of piperidine rings is 1. The summed E-state index contributed by atoms with van der Waals surface area (Å²) < 4.78 is 2.36. The molecule has 3 aliphatic rings. The summed E-state index contributed by atoms with van der Waals surface area (Å²) in [6.07, 6.45) is 9.10. The third kappa shape index (κ3) is 3.51. The Morgan fingerprint density at radius 1 is 0.935 bits per heavy atom. The molecule has 1 saturated heterocycles. The molecule has 1 atom stereocenters. The lowest BCUT2D eigenvalue weighted by atomic mass is 9.93. The van der Waals surface area contributed by atoms with Gasteiger partial charge in [0, 0.05) is 53.8 Å². The maximum Gasteiger partial charge on any atom is 0.161 e. The van der Waals surface area contributed by atoms with Gasteiger partial charge in [0.15, 0.2) is 5.82 Å². The van der Waals surface area contributed by atoms with Gasteiger partial charge >= 0.3 is 0 Å². The van der Waals surface area contributed by atoms with Gasteiger partial charge in [-0.1, -0.05) is 23.7 Å². The number of fused-ring (bicyclic) bond motifs is 2. The molecule has 0 amide bonds. The number of hydrogen-bond donors (Lipinski definition) is 0. The lowest BCUT2D eigenvalue weighted by molar-refractivity contribution is 0.469. The van der Waals surface area contributed by atoms with Crippen molar-refractivity contribution >= 4 is 17.4 Å². The number of nitrogens with zero attached hydrogens (tertiary/aromatic N) is 6. The number of anilines is 1. The smallest absolute Gasteiger partial charge is 0.161 e. The predicted octanol–water partition coefficient (Wildman–Crippen LogP) is 4.60. The fraction of sp³-hybridized carbons (Fsp3) is 0.500. The summed E-state index contributed by atoms with van der Waals surface area (Å²) in [4.78, 5) is 12.6. The van der Waals surface area contributed by atoms with Crippen LogP contribution in [0, 0.1) is 0 Å². The molecule has 31 heavy (non-hydrogen) atoms. The fourth-order valence-corrected chi connectivity index (χ4v) is 5.64. The molecule has 1 aliphatic carbocycles. The highest BCUT2D eigenvalue weighted by molar-refractivity contribution is 6.30. The summed E-state index contributed by atoms with van der Waals surface area (Å²) in [6.45, 7) is 3.06. The standard InChI is InChI=1S/C24H27ClN6/c25-18-8-3-6-16(14-18)22-26-20-10-2-1-9-19(20)24(27-22)30-12-4-7-17(15-30)23-29-28-21-11-5-13-31(21)23/h3,6,8,14,17H,1-2,4-5,7,9-13,15H2. The molecule has 1 fully saturated rings. The zero-order valence-electron chi connectivity index (χ0n) is 17.7. The number of hydrogen-bond acceptors (Lipinski definition) is 5. The Kier molecular flexibility index (Phi) is 4.90. The second-order valence-electron chi connectivity index (χ2n) is 9.03. The minimum absolute atomic E-state index is 0.414. The largest absolute Gasteiger partial charge is 0.356 e. The van der Waals surface area contributed by atoms with Gasteiger partial charge in [0.05, 0.1) is 0 Å². The van der Waals surface area contributed by atoms with Crippen LogP contribution in [0.1, 0.15) is 60.9 Å². The van der Waals surface area contributed by atoms with Crippen molar-refractivity contribution < 1.29 is 0 Å². The van der Waals surface area contributed by atoms with E-state index in [9.17, 15) is 0 Å². The summed E-state index contributed by atoms with van der Waals surface area (Å²) >= 11 is 6.27. The molecule has 0 spiro atoms. The van der Waals surface area contributed by atoms with Gasteiger partial charge in [0.1, 0.15) is 17.5 Å². The SMILES string of the molecule is Clc1cccc(-c2nc3c(c(N4CCCC(c5nnc6n5CCC6)C4)n2)CCCC3)c1. The number of aryl methyl sites for hydroxylation is 2. The topological polar surface area (TPSA) is 59.7 Å². The van der Waals surface area contributed by atoms with Crippen molar-refractivity contribution in [2.45, 2.75) is 63.8 Å². The molecular formula is C24H27ClN6. The monoisotopic (exact) mass is 434 g/mol. The second-order valence-corrected chi connectivity index (χ2v) is 9.46. The highest BCUT2D eigenvalue weighted by Gasteiger charge is 2.31. The summed E-state index contributed by atoms with van der Waals surface area (Å²) in [5.74, 6) is 4.68. The number of aromatic nitrogens is 5. The Morgan fingerprint density at radius 2 is 1.87 bits per heavy atom. The maximum atomic E-state index is 6.27. The Hall–Kier alpha value is -2.47. The minimum Gasteiger partial charge on any atom is -0.356 e. The average Bonchev–Trinajstić information content (AvgIpc) is 3.42. The third-order valence-corrected chi connectivity index (χ3v) is 7.20. The minimum atomic E-state index is 0.414. The van der Waals surface area contributed by atoms with Crippen molar-refractivity contribution in [3.05, 3.63) is 52.2 Å². The van der Waals surface area contributed by atoms with E-state index in [1.165, 1.54) is 42.8 Å². The molecule has 0 radical (unpaired) electrons. The zero-order chi connectivity index (χ0) is 20.8. The van der Waals surface area contributed by atoms with Crippen molar-refractivity contribution in [2.75, 3.05) is 18.0 Å². The molecule has 1 aromatic carbocycles. The molecule has 0 bridgehead atoms. The number of rotatable bonds is 3. The van der Waals surface area contributed by atoms with Gasteiger partial charge in [-0.25, -0.2) is 9.97 Å².